The predicted molar refractivity (Wildman–Crippen MR) is 68.4 cm³/mol. The van der Waals surface area contributed by atoms with Crippen LogP contribution in [0, 0.1) is 5.92 Å². The maximum Gasteiger partial charge on any atom is 0.323 e. The van der Waals surface area contributed by atoms with Gasteiger partial charge in [-0.1, -0.05) is 13.8 Å². The van der Waals surface area contributed by atoms with Gasteiger partial charge in [0.15, 0.2) is 0 Å². The lowest BCUT2D eigenvalue weighted by molar-refractivity contribution is -0.155. The zero-order chi connectivity index (χ0) is 13.7. The Bertz CT molecular complexity index is 270. The Labute approximate surface area is 109 Å². The molecule has 5 nitrogen and oxygen atoms in total. The SMILES string of the molecule is CNC(C)C(=O)OC1CC(C(C)C)OC1COC. The molecule has 0 aliphatic carbocycles. The molecule has 0 aromatic rings. The van der Waals surface area contributed by atoms with Gasteiger partial charge in [0.1, 0.15) is 18.2 Å². The first kappa shape index (κ1) is 15.4. The van der Waals surface area contributed by atoms with Crippen LogP contribution in [0.3, 0.4) is 0 Å². The van der Waals surface area contributed by atoms with Gasteiger partial charge in [-0.3, -0.25) is 4.79 Å². The largest absolute Gasteiger partial charge is 0.458 e. The van der Waals surface area contributed by atoms with Crippen LogP contribution in [0.2, 0.25) is 0 Å². The fourth-order valence-corrected chi connectivity index (χ4v) is 1.98. The number of carbonyl (C=O) groups is 1. The third kappa shape index (κ3) is 3.93. The fourth-order valence-electron chi connectivity index (χ4n) is 1.98. The molecule has 1 saturated heterocycles. The third-order valence-corrected chi connectivity index (χ3v) is 3.36. The molecule has 1 rings (SSSR count). The molecular weight excluding hydrogens is 234 g/mol. The smallest absolute Gasteiger partial charge is 0.323 e. The van der Waals surface area contributed by atoms with E-state index >= 15 is 0 Å². The van der Waals surface area contributed by atoms with Crippen molar-refractivity contribution in [3.63, 3.8) is 0 Å². The van der Waals surface area contributed by atoms with Crippen molar-refractivity contribution in [1.29, 1.82) is 0 Å². The molecule has 1 heterocycles. The van der Waals surface area contributed by atoms with Gasteiger partial charge in [0.05, 0.1) is 12.7 Å². The topological polar surface area (TPSA) is 56.8 Å². The summed E-state index contributed by atoms with van der Waals surface area (Å²) < 4.78 is 16.5. The van der Waals surface area contributed by atoms with Crippen LogP contribution in [0.4, 0.5) is 0 Å². The summed E-state index contributed by atoms with van der Waals surface area (Å²) in [5.74, 6) is 0.173. The number of hydrogen-bond donors (Lipinski definition) is 1. The molecule has 5 heteroatoms. The van der Waals surface area contributed by atoms with Gasteiger partial charge >= 0.3 is 5.97 Å². The number of rotatable bonds is 6. The second kappa shape index (κ2) is 7.07. The van der Waals surface area contributed by atoms with Crippen molar-refractivity contribution in [1.82, 2.24) is 5.32 Å². The van der Waals surface area contributed by atoms with Crippen molar-refractivity contribution in [2.24, 2.45) is 5.92 Å². The van der Waals surface area contributed by atoms with E-state index in [1.54, 1.807) is 21.1 Å². The molecule has 0 saturated carbocycles. The van der Waals surface area contributed by atoms with Gasteiger partial charge in [-0.05, 0) is 19.9 Å². The van der Waals surface area contributed by atoms with Crippen LogP contribution in [0.15, 0.2) is 0 Å². The van der Waals surface area contributed by atoms with E-state index in [9.17, 15) is 4.79 Å². The number of esters is 1. The molecule has 0 bridgehead atoms. The van der Waals surface area contributed by atoms with Crippen LogP contribution in [0.1, 0.15) is 27.2 Å². The monoisotopic (exact) mass is 259 g/mol. The highest BCUT2D eigenvalue weighted by atomic mass is 16.6. The Morgan fingerprint density at radius 3 is 2.61 bits per heavy atom. The summed E-state index contributed by atoms with van der Waals surface area (Å²) in [5.41, 5.74) is 0. The first-order valence-electron chi connectivity index (χ1n) is 6.51. The molecule has 4 atom stereocenters. The summed E-state index contributed by atoms with van der Waals surface area (Å²) >= 11 is 0. The van der Waals surface area contributed by atoms with Gasteiger partial charge in [0, 0.05) is 13.5 Å². The summed E-state index contributed by atoms with van der Waals surface area (Å²) in [6.45, 7) is 6.45. The van der Waals surface area contributed by atoms with Gasteiger partial charge in [0.2, 0.25) is 0 Å². The van der Waals surface area contributed by atoms with Crippen molar-refractivity contribution in [3.8, 4) is 0 Å². The minimum Gasteiger partial charge on any atom is -0.458 e. The average molecular weight is 259 g/mol. The van der Waals surface area contributed by atoms with Crippen LogP contribution < -0.4 is 5.32 Å². The highest BCUT2D eigenvalue weighted by molar-refractivity contribution is 5.75. The van der Waals surface area contributed by atoms with E-state index in [0.29, 0.717) is 12.5 Å². The molecule has 18 heavy (non-hydrogen) atoms. The van der Waals surface area contributed by atoms with Gasteiger partial charge in [-0.15, -0.1) is 0 Å². The molecule has 1 aliphatic heterocycles. The molecule has 0 radical (unpaired) electrons. The van der Waals surface area contributed by atoms with Crippen LogP contribution >= 0.6 is 0 Å². The first-order chi connectivity index (χ1) is 8.49. The Morgan fingerprint density at radius 1 is 1.44 bits per heavy atom. The molecule has 0 aromatic heterocycles. The highest BCUT2D eigenvalue weighted by Crippen LogP contribution is 2.28. The van der Waals surface area contributed by atoms with Gasteiger partial charge in [-0.2, -0.15) is 0 Å². The number of methoxy groups -OCH3 is 1. The van der Waals surface area contributed by atoms with Crippen LogP contribution in [-0.4, -0.2) is 51.1 Å². The van der Waals surface area contributed by atoms with E-state index in [-0.39, 0.29) is 30.3 Å². The van der Waals surface area contributed by atoms with Gasteiger partial charge < -0.3 is 19.5 Å². The van der Waals surface area contributed by atoms with E-state index < -0.39 is 0 Å². The second-order valence-corrected chi connectivity index (χ2v) is 5.13. The minimum atomic E-state index is -0.300. The minimum absolute atomic E-state index is 0.132. The zero-order valence-corrected chi connectivity index (χ0v) is 11.9. The third-order valence-electron chi connectivity index (χ3n) is 3.36. The number of hydrogen-bond acceptors (Lipinski definition) is 5. The van der Waals surface area contributed by atoms with Crippen molar-refractivity contribution in [2.45, 2.75) is 51.5 Å². The molecule has 106 valence electrons. The normalized spacial score (nSPS) is 29.6. The van der Waals surface area contributed by atoms with Crippen LogP contribution in [0.25, 0.3) is 0 Å². The Hall–Kier alpha value is -0.650. The molecule has 4 unspecified atom stereocenters. The Morgan fingerprint density at radius 2 is 2.11 bits per heavy atom. The van der Waals surface area contributed by atoms with E-state index in [2.05, 4.69) is 19.2 Å². The van der Waals surface area contributed by atoms with Crippen molar-refractivity contribution in [3.05, 3.63) is 0 Å². The van der Waals surface area contributed by atoms with Crippen LogP contribution in [-0.2, 0) is 19.0 Å². The summed E-state index contributed by atoms with van der Waals surface area (Å²) in [4.78, 5) is 11.8. The second-order valence-electron chi connectivity index (χ2n) is 5.13. The maximum absolute atomic E-state index is 11.8. The molecule has 1 N–H and O–H groups in total. The van der Waals surface area contributed by atoms with E-state index in [1.807, 2.05) is 0 Å². The molecule has 1 fully saturated rings. The average Bonchev–Trinajstić information content (AvgIpc) is 2.72. The van der Waals surface area contributed by atoms with Crippen molar-refractivity contribution < 1.29 is 19.0 Å². The lowest BCUT2D eigenvalue weighted by Crippen LogP contribution is -2.38. The van der Waals surface area contributed by atoms with Gasteiger partial charge in [-0.25, -0.2) is 0 Å². The molecule has 1 aliphatic rings. The standard InChI is InChI=1S/C13H25NO4/c1-8(2)10-6-11(12(17-10)7-16-5)18-13(15)9(3)14-4/h8-12,14H,6-7H2,1-5H3. The lowest BCUT2D eigenvalue weighted by Gasteiger charge is -2.20. The quantitative estimate of drug-likeness (QED) is 0.720. The summed E-state index contributed by atoms with van der Waals surface area (Å²) in [5, 5.41) is 2.87. The Balaban J connectivity index is 2.58. The maximum atomic E-state index is 11.8. The summed E-state index contributed by atoms with van der Waals surface area (Å²) in [6, 6.07) is -0.300. The predicted octanol–water partition coefficient (Wildman–Crippen LogP) is 0.966. The van der Waals surface area contributed by atoms with E-state index in [4.69, 9.17) is 14.2 Å². The number of ether oxygens (including phenoxy) is 3. The number of nitrogens with one attached hydrogen (secondary N) is 1. The molecule has 0 spiro atoms. The fraction of sp³-hybridized carbons (Fsp3) is 0.923. The first-order valence-corrected chi connectivity index (χ1v) is 6.51. The van der Waals surface area contributed by atoms with Gasteiger partial charge in [0.25, 0.3) is 0 Å². The number of likely N-dealkylation sites (N-methyl/N-ethyl adjacent to an activating group) is 1. The summed E-state index contributed by atoms with van der Waals surface area (Å²) in [6.07, 6.45) is 0.511. The van der Waals surface area contributed by atoms with Crippen molar-refractivity contribution in [2.75, 3.05) is 20.8 Å². The lowest BCUT2D eigenvalue weighted by atomic mass is 10.0. The number of carbonyl (C=O) groups excluding carboxylic acids is 1. The molecular formula is C13H25NO4. The van der Waals surface area contributed by atoms with E-state index in [1.165, 1.54) is 0 Å². The zero-order valence-electron chi connectivity index (χ0n) is 11.9. The van der Waals surface area contributed by atoms with Crippen LogP contribution in [0.5, 0.6) is 0 Å². The molecule has 0 aromatic carbocycles. The van der Waals surface area contributed by atoms with E-state index in [0.717, 1.165) is 6.42 Å². The summed E-state index contributed by atoms with van der Waals surface area (Å²) in [7, 11) is 3.36. The highest BCUT2D eigenvalue weighted by Gasteiger charge is 2.39. The Kier molecular flexibility index (Phi) is 6.05. The molecule has 0 amide bonds. The van der Waals surface area contributed by atoms with Crippen molar-refractivity contribution >= 4 is 5.97 Å².